The van der Waals surface area contributed by atoms with Gasteiger partial charge in [-0.2, -0.15) is 0 Å². The number of hydrogen-bond donors (Lipinski definition) is 1. The molecule has 2 fully saturated rings. The average molecular weight is 467 g/mol. The van der Waals surface area contributed by atoms with Crippen molar-refractivity contribution in [3.05, 3.63) is 75.5 Å². The van der Waals surface area contributed by atoms with Gasteiger partial charge in [-0.15, -0.1) is 0 Å². The number of rotatable bonds is 5. The first-order valence-corrected chi connectivity index (χ1v) is 12.3. The molecule has 0 spiro atoms. The van der Waals surface area contributed by atoms with Crippen LogP contribution in [0.1, 0.15) is 58.3 Å². The fraction of sp³-hybridized carbons (Fsp3) is 0.481. The molecule has 3 atom stereocenters. The van der Waals surface area contributed by atoms with E-state index in [0.29, 0.717) is 6.04 Å². The van der Waals surface area contributed by atoms with E-state index in [2.05, 4.69) is 80.0 Å². The van der Waals surface area contributed by atoms with Gasteiger partial charge in [0, 0.05) is 6.04 Å². The molecule has 0 aliphatic heterocycles. The van der Waals surface area contributed by atoms with E-state index >= 15 is 0 Å². The van der Waals surface area contributed by atoms with Gasteiger partial charge in [0.25, 0.3) is 0 Å². The monoisotopic (exact) mass is 467 g/mol. The van der Waals surface area contributed by atoms with Gasteiger partial charge in [-0.05, 0) is 56.9 Å². The van der Waals surface area contributed by atoms with Crippen LogP contribution in [0.25, 0.3) is 0 Å². The van der Waals surface area contributed by atoms with Crippen LogP contribution < -0.4 is 15.9 Å². The SMILES string of the molecule is C1CCCC1.CN[C@@H](C)C1CCCC1P(c1ccccc1)c1ccccc1.[CH3-].[CH3-].[Fe+2]. The van der Waals surface area contributed by atoms with Gasteiger partial charge in [-0.3, -0.25) is 0 Å². The van der Waals surface area contributed by atoms with Gasteiger partial charge >= 0.3 is 17.1 Å². The zero-order valence-corrected chi connectivity index (χ0v) is 21.5. The van der Waals surface area contributed by atoms with Crippen LogP contribution in [0.15, 0.2) is 60.7 Å². The topological polar surface area (TPSA) is 12.0 Å². The van der Waals surface area contributed by atoms with Crippen molar-refractivity contribution in [1.82, 2.24) is 5.32 Å². The number of nitrogens with one attached hydrogen (secondary N) is 1. The van der Waals surface area contributed by atoms with Gasteiger partial charge in [0.2, 0.25) is 0 Å². The summed E-state index contributed by atoms with van der Waals surface area (Å²) >= 11 is 0. The molecule has 2 aliphatic carbocycles. The summed E-state index contributed by atoms with van der Waals surface area (Å²) in [6.45, 7) is 2.35. The van der Waals surface area contributed by atoms with E-state index in [0.717, 1.165) is 11.6 Å². The first kappa shape index (κ1) is 29.3. The van der Waals surface area contributed by atoms with E-state index in [4.69, 9.17) is 0 Å². The van der Waals surface area contributed by atoms with Crippen LogP contribution in [0, 0.1) is 20.8 Å². The summed E-state index contributed by atoms with van der Waals surface area (Å²) in [5, 5.41) is 6.57. The molecule has 1 nitrogen and oxygen atoms in total. The van der Waals surface area contributed by atoms with E-state index in [9.17, 15) is 0 Å². The largest absolute Gasteiger partial charge is 2.00 e. The van der Waals surface area contributed by atoms with Crippen molar-refractivity contribution in [2.45, 2.75) is 70.0 Å². The third kappa shape index (κ3) is 8.12. The van der Waals surface area contributed by atoms with Crippen molar-refractivity contribution in [2.75, 3.05) is 7.05 Å². The molecule has 2 unspecified atom stereocenters. The molecule has 4 rings (SSSR count). The van der Waals surface area contributed by atoms with E-state index in [1.54, 1.807) is 0 Å². The minimum atomic E-state index is -0.269. The molecule has 1 N–H and O–H groups in total. The smallest absolute Gasteiger partial charge is 0.358 e. The Labute approximate surface area is 199 Å². The van der Waals surface area contributed by atoms with Crippen molar-refractivity contribution >= 4 is 18.5 Å². The fourth-order valence-corrected chi connectivity index (χ4v) is 7.96. The summed E-state index contributed by atoms with van der Waals surface area (Å²) in [5.74, 6) is 0.788. The molecule has 30 heavy (non-hydrogen) atoms. The fourth-order valence-electron chi connectivity index (χ4n) is 4.68. The molecule has 2 aromatic carbocycles. The first-order chi connectivity index (χ1) is 13.3. The average Bonchev–Trinajstić information content (AvgIpc) is 3.45. The van der Waals surface area contributed by atoms with E-state index in [1.807, 2.05) is 0 Å². The molecule has 0 radical (unpaired) electrons. The minimum absolute atomic E-state index is 0. The molecule has 0 bridgehead atoms. The molecule has 2 aliphatic rings. The third-order valence-corrected chi connectivity index (χ3v) is 9.29. The Morgan fingerprint density at radius 1 is 0.733 bits per heavy atom. The summed E-state index contributed by atoms with van der Waals surface area (Å²) < 4.78 is 0. The van der Waals surface area contributed by atoms with Crippen molar-refractivity contribution in [2.24, 2.45) is 5.92 Å². The first-order valence-electron chi connectivity index (χ1n) is 10.9. The summed E-state index contributed by atoms with van der Waals surface area (Å²) in [6, 6.07) is 23.0. The van der Waals surface area contributed by atoms with Crippen LogP contribution in [0.2, 0.25) is 0 Å². The van der Waals surface area contributed by atoms with Crippen molar-refractivity contribution in [1.29, 1.82) is 0 Å². The van der Waals surface area contributed by atoms with E-state index in [1.165, 1.54) is 62.0 Å². The summed E-state index contributed by atoms with van der Waals surface area (Å²) in [5.41, 5.74) is 0.794. The van der Waals surface area contributed by atoms with Crippen LogP contribution in [0.4, 0.5) is 0 Å². The Morgan fingerprint density at radius 2 is 1.17 bits per heavy atom. The summed E-state index contributed by atoms with van der Waals surface area (Å²) in [7, 11) is 1.84. The molecular weight excluding hydrogens is 425 g/mol. The molecular formula is C27H42FeNP. The summed E-state index contributed by atoms with van der Waals surface area (Å²) in [6.07, 6.45) is 11.6. The Bertz CT molecular complexity index is 597. The Balaban J connectivity index is 0.000000928. The second-order valence-electron chi connectivity index (χ2n) is 8.05. The predicted molar refractivity (Wildman–Crippen MR) is 135 cm³/mol. The van der Waals surface area contributed by atoms with Crippen molar-refractivity contribution in [3.8, 4) is 0 Å². The molecule has 3 heteroatoms. The standard InChI is InChI=1S/C20H26NP.C5H10.2CH3.Fe/c1-16(21-2)19-14-9-15-20(19)22(17-10-5-3-6-11-17)18-12-7-4-8-13-18;1-2-4-5-3-1;;;/h3-8,10-13,16,19-21H,9,14-15H2,1-2H3;1-5H2;2*1H3;/q;;2*-1;+2/t16-,19?,20?;;;;/m0..../s1. The van der Waals surface area contributed by atoms with Crippen molar-refractivity contribution < 1.29 is 17.1 Å². The number of benzene rings is 2. The summed E-state index contributed by atoms with van der Waals surface area (Å²) in [4.78, 5) is 0. The predicted octanol–water partition coefficient (Wildman–Crippen LogP) is 6.74. The van der Waals surface area contributed by atoms with Crippen LogP contribution in [-0.4, -0.2) is 18.7 Å². The maximum Gasteiger partial charge on any atom is 2.00 e. The maximum absolute atomic E-state index is 3.51. The number of hydrogen-bond acceptors (Lipinski definition) is 1. The van der Waals surface area contributed by atoms with Crippen LogP contribution in [0.5, 0.6) is 0 Å². The van der Waals surface area contributed by atoms with Gasteiger partial charge in [0.15, 0.2) is 0 Å². The van der Waals surface area contributed by atoms with Crippen LogP contribution >= 0.6 is 7.92 Å². The second kappa shape index (κ2) is 16.0. The van der Waals surface area contributed by atoms with Crippen LogP contribution in [0.3, 0.4) is 0 Å². The molecule has 0 aromatic heterocycles. The Hall–Kier alpha value is -0.651. The van der Waals surface area contributed by atoms with Gasteiger partial charge in [-0.25, -0.2) is 0 Å². The molecule has 168 valence electrons. The normalized spacial score (nSPS) is 20.8. The van der Waals surface area contributed by atoms with Crippen LogP contribution in [-0.2, 0) is 17.1 Å². The zero-order valence-electron chi connectivity index (χ0n) is 19.5. The van der Waals surface area contributed by atoms with Crippen molar-refractivity contribution in [3.63, 3.8) is 0 Å². The van der Waals surface area contributed by atoms with Gasteiger partial charge < -0.3 is 20.2 Å². The van der Waals surface area contributed by atoms with E-state index < -0.39 is 0 Å². The second-order valence-corrected chi connectivity index (χ2v) is 10.5. The maximum atomic E-state index is 3.51. The molecule has 0 saturated heterocycles. The zero-order chi connectivity index (χ0) is 18.9. The third-order valence-electron chi connectivity index (χ3n) is 6.28. The Morgan fingerprint density at radius 3 is 1.57 bits per heavy atom. The van der Waals surface area contributed by atoms with E-state index in [-0.39, 0.29) is 39.8 Å². The van der Waals surface area contributed by atoms with Gasteiger partial charge in [0.05, 0.1) is 0 Å². The Kier molecular flexibility index (Phi) is 15.7. The quantitative estimate of drug-likeness (QED) is 0.292. The minimum Gasteiger partial charge on any atom is -0.358 e. The van der Waals surface area contributed by atoms with Gasteiger partial charge in [-0.1, -0.05) is 99.2 Å². The molecule has 0 heterocycles. The molecule has 2 saturated carbocycles. The molecule has 0 amide bonds. The van der Waals surface area contributed by atoms with Gasteiger partial charge in [0.1, 0.15) is 0 Å². The molecule has 2 aromatic rings.